The van der Waals surface area contributed by atoms with Gasteiger partial charge in [-0.05, 0) is 31.4 Å². The summed E-state index contributed by atoms with van der Waals surface area (Å²) in [6.07, 6.45) is 3.66. The van der Waals surface area contributed by atoms with E-state index in [1.807, 2.05) is 12.1 Å². The number of halogens is 1. The molecule has 1 aromatic heterocycles. The first-order chi connectivity index (χ1) is 11.5. The molecule has 1 aromatic rings. The fraction of sp³-hybridized carbons (Fsp3) is 0.667. The van der Waals surface area contributed by atoms with Crippen LogP contribution < -0.4 is 4.90 Å². The van der Waals surface area contributed by atoms with Gasteiger partial charge in [0.1, 0.15) is 11.9 Å². The Kier molecular flexibility index (Phi) is 7.31. The zero-order chi connectivity index (χ0) is 17.5. The van der Waals surface area contributed by atoms with Gasteiger partial charge >= 0.3 is 5.97 Å². The Morgan fingerprint density at radius 1 is 1.33 bits per heavy atom. The number of hydrogen-bond acceptors (Lipinski definition) is 5. The second kappa shape index (κ2) is 9.23. The third-order valence-corrected chi connectivity index (χ3v) is 4.38. The zero-order valence-electron chi connectivity index (χ0n) is 14.7. The number of aromatic nitrogens is 1. The van der Waals surface area contributed by atoms with Gasteiger partial charge in [-0.3, -0.25) is 0 Å². The van der Waals surface area contributed by atoms with Crippen LogP contribution in [-0.4, -0.2) is 42.9 Å². The summed E-state index contributed by atoms with van der Waals surface area (Å²) in [5.41, 5.74) is 0. The summed E-state index contributed by atoms with van der Waals surface area (Å²) < 4.78 is 11.1. The minimum absolute atomic E-state index is 0.0443. The molecule has 0 saturated carbocycles. The van der Waals surface area contributed by atoms with E-state index in [0.29, 0.717) is 17.5 Å². The lowest BCUT2D eigenvalue weighted by atomic mass is 10.1. The summed E-state index contributed by atoms with van der Waals surface area (Å²) in [7, 11) is 0. The van der Waals surface area contributed by atoms with Crippen LogP contribution in [0.3, 0.4) is 0 Å². The molecule has 0 amide bonds. The van der Waals surface area contributed by atoms with Crippen molar-refractivity contribution in [2.24, 2.45) is 5.92 Å². The molecule has 0 bridgehead atoms. The first-order valence-electron chi connectivity index (χ1n) is 8.64. The first-order valence-corrected chi connectivity index (χ1v) is 9.02. The van der Waals surface area contributed by atoms with Gasteiger partial charge in [-0.15, -0.1) is 0 Å². The monoisotopic (exact) mass is 354 g/mol. The highest BCUT2D eigenvalue weighted by molar-refractivity contribution is 6.30. The van der Waals surface area contributed by atoms with E-state index in [1.54, 1.807) is 13.1 Å². The fourth-order valence-electron chi connectivity index (χ4n) is 2.57. The Balaban J connectivity index is 1.72. The molecule has 0 aromatic carbocycles. The molecule has 1 aliphatic rings. The molecule has 1 saturated heterocycles. The van der Waals surface area contributed by atoms with Gasteiger partial charge in [0.05, 0.1) is 5.02 Å². The second-order valence-electron chi connectivity index (χ2n) is 6.65. The minimum atomic E-state index is -0.500. The quantitative estimate of drug-likeness (QED) is 0.699. The Morgan fingerprint density at radius 2 is 2.04 bits per heavy atom. The number of pyridine rings is 1. The molecule has 5 nitrogen and oxygen atoms in total. The fourth-order valence-corrected chi connectivity index (χ4v) is 2.68. The maximum absolute atomic E-state index is 12.1. The molecule has 6 heteroatoms. The van der Waals surface area contributed by atoms with Gasteiger partial charge in [-0.2, -0.15) is 0 Å². The average Bonchev–Trinajstić information content (AvgIpc) is 2.56. The lowest BCUT2D eigenvalue weighted by Gasteiger charge is -2.32. The molecule has 0 aliphatic carbocycles. The molecule has 0 spiro atoms. The van der Waals surface area contributed by atoms with E-state index in [2.05, 4.69) is 23.7 Å². The Morgan fingerprint density at radius 3 is 2.62 bits per heavy atom. The number of anilines is 1. The molecule has 2 rings (SSSR count). The predicted octanol–water partition coefficient (Wildman–Crippen LogP) is 3.70. The predicted molar refractivity (Wildman–Crippen MR) is 95.4 cm³/mol. The largest absolute Gasteiger partial charge is 0.460 e. The van der Waals surface area contributed by atoms with Crippen LogP contribution in [-0.2, 0) is 14.3 Å². The Hall–Kier alpha value is -1.33. The zero-order valence-corrected chi connectivity index (χ0v) is 15.5. The SMILES string of the molecule is CC(C)CCOC(C)C(=O)OC1CCN(c2ccc(Cl)cn2)CC1. The van der Waals surface area contributed by atoms with Crippen LogP contribution in [0.15, 0.2) is 18.3 Å². The average molecular weight is 355 g/mol. The summed E-state index contributed by atoms with van der Waals surface area (Å²) in [6, 6.07) is 3.76. The topological polar surface area (TPSA) is 51.7 Å². The van der Waals surface area contributed by atoms with Crippen LogP contribution in [0.1, 0.15) is 40.0 Å². The smallest absolute Gasteiger partial charge is 0.335 e. The van der Waals surface area contributed by atoms with Gasteiger partial charge in [-0.25, -0.2) is 9.78 Å². The number of esters is 1. The lowest BCUT2D eigenvalue weighted by Crippen LogP contribution is -2.39. The van der Waals surface area contributed by atoms with Gasteiger partial charge in [0.2, 0.25) is 0 Å². The standard InChI is InChI=1S/C18H27ClN2O3/c1-13(2)8-11-23-14(3)18(22)24-16-6-9-21(10-7-16)17-5-4-15(19)12-20-17/h4-5,12-14,16H,6-11H2,1-3H3. The lowest BCUT2D eigenvalue weighted by molar-refractivity contribution is -0.162. The molecule has 1 atom stereocenters. The number of nitrogens with zero attached hydrogens (tertiary/aromatic N) is 2. The third-order valence-electron chi connectivity index (χ3n) is 4.16. The molecule has 0 N–H and O–H groups in total. The highest BCUT2D eigenvalue weighted by Crippen LogP contribution is 2.21. The van der Waals surface area contributed by atoms with Crippen LogP contribution in [0.2, 0.25) is 5.02 Å². The van der Waals surface area contributed by atoms with Crippen molar-refractivity contribution in [3.05, 3.63) is 23.4 Å². The van der Waals surface area contributed by atoms with Crippen molar-refractivity contribution in [3.8, 4) is 0 Å². The van der Waals surface area contributed by atoms with Crippen LogP contribution >= 0.6 is 11.6 Å². The molecule has 1 unspecified atom stereocenters. The van der Waals surface area contributed by atoms with Crippen molar-refractivity contribution in [2.45, 2.75) is 52.2 Å². The third kappa shape index (κ3) is 5.95. The van der Waals surface area contributed by atoms with Crippen LogP contribution in [0.5, 0.6) is 0 Å². The van der Waals surface area contributed by atoms with E-state index < -0.39 is 6.10 Å². The van der Waals surface area contributed by atoms with Crippen molar-refractivity contribution >= 4 is 23.4 Å². The normalized spacial score (nSPS) is 17.1. The van der Waals surface area contributed by atoms with Gasteiger partial charge < -0.3 is 14.4 Å². The van der Waals surface area contributed by atoms with Crippen LogP contribution in [0, 0.1) is 5.92 Å². The molecule has 2 heterocycles. The van der Waals surface area contributed by atoms with Crippen molar-refractivity contribution in [3.63, 3.8) is 0 Å². The maximum Gasteiger partial charge on any atom is 0.335 e. The highest BCUT2D eigenvalue weighted by atomic mass is 35.5. The van der Waals surface area contributed by atoms with Gasteiger partial charge in [-0.1, -0.05) is 25.4 Å². The Labute approximate surface area is 149 Å². The molecular formula is C18H27ClN2O3. The number of rotatable bonds is 7. The van der Waals surface area contributed by atoms with E-state index in [4.69, 9.17) is 21.1 Å². The molecule has 134 valence electrons. The Bertz CT molecular complexity index is 514. The molecule has 1 fully saturated rings. The van der Waals surface area contributed by atoms with Crippen LogP contribution in [0.25, 0.3) is 0 Å². The van der Waals surface area contributed by atoms with Gasteiger partial charge in [0.15, 0.2) is 6.10 Å². The number of hydrogen-bond donors (Lipinski definition) is 0. The summed E-state index contributed by atoms with van der Waals surface area (Å²) in [6.45, 7) is 8.25. The van der Waals surface area contributed by atoms with Crippen molar-refractivity contribution < 1.29 is 14.3 Å². The summed E-state index contributed by atoms with van der Waals surface area (Å²) in [4.78, 5) is 18.6. The molecular weight excluding hydrogens is 328 g/mol. The summed E-state index contributed by atoms with van der Waals surface area (Å²) in [5, 5.41) is 0.633. The molecule has 24 heavy (non-hydrogen) atoms. The summed E-state index contributed by atoms with van der Waals surface area (Å²) >= 11 is 5.86. The minimum Gasteiger partial charge on any atom is -0.460 e. The van der Waals surface area contributed by atoms with Crippen LogP contribution in [0.4, 0.5) is 5.82 Å². The number of piperidine rings is 1. The maximum atomic E-state index is 12.1. The molecule has 1 aliphatic heterocycles. The number of ether oxygens (including phenoxy) is 2. The van der Waals surface area contributed by atoms with Gasteiger partial charge in [0, 0.05) is 38.7 Å². The molecule has 0 radical (unpaired) electrons. The van der Waals surface area contributed by atoms with Crippen molar-refractivity contribution in [1.29, 1.82) is 0 Å². The van der Waals surface area contributed by atoms with E-state index in [1.165, 1.54) is 0 Å². The highest BCUT2D eigenvalue weighted by Gasteiger charge is 2.25. The van der Waals surface area contributed by atoms with E-state index in [-0.39, 0.29) is 12.1 Å². The number of carbonyl (C=O) groups is 1. The van der Waals surface area contributed by atoms with E-state index >= 15 is 0 Å². The van der Waals surface area contributed by atoms with Crippen molar-refractivity contribution in [1.82, 2.24) is 4.98 Å². The van der Waals surface area contributed by atoms with Gasteiger partial charge in [0.25, 0.3) is 0 Å². The van der Waals surface area contributed by atoms with Crippen molar-refractivity contribution in [2.75, 3.05) is 24.6 Å². The van der Waals surface area contributed by atoms with E-state index in [0.717, 1.165) is 38.2 Å². The summed E-state index contributed by atoms with van der Waals surface area (Å²) in [5.74, 6) is 1.22. The second-order valence-corrected chi connectivity index (χ2v) is 7.09. The van der Waals surface area contributed by atoms with E-state index in [9.17, 15) is 4.79 Å². The number of carbonyl (C=O) groups excluding carboxylic acids is 1. The first kappa shape index (κ1) is 19.0.